The fourth-order valence-electron chi connectivity index (χ4n) is 5.52. The molecule has 1 fully saturated rings. The first-order valence-corrected chi connectivity index (χ1v) is 13.8. The van der Waals surface area contributed by atoms with Gasteiger partial charge < -0.3 is 10.3 Å². The van der Waals surface area contributed by atoms with E-state index in [1.165, 1.54) is 32.1 Å². The van der Waals surface area contributed by atoms with Gasteiger partial charge in [-0.15, -0.1) is 0 Å². The van der Waals surface area contributed by atoms with Crippen LogP contribution in [0.3, 0.4) is 0 Å². The molecule has 0 spiro atoms. The lowest BCUT2D eigenvalue weighted by Gasteiger charge is -2.25. The van der Waals surface area contributed by atoms with Crippen LogP contribution in [0.4, 0.5) is 0 Å². The van der Waals surface area contributed by atoms with E-state index in [2.05, 4.69) is 61.8 Å². The largest absolute Gasteiger partial charge is 0.359 e. The number of allylic oxidation sites excluding steroid dienone is 5. The molecule has 200 valence electrons. The molecule has 5 aromatic rings. The summed E-state index contributed by atoms with van der Waals surface area (Å²) in [6, 6.07) is 12.0. The highest BCUT2D eigenvalue weighted by atomic mass is 15.1. The van der Waals surface area contributed by atoms with Gasteiger partial charge in [0.1, 0.15) is 11.2 Å². The zero-order chi connectivity index (χ0) is 27.5. The van der Waals surface area contributed by atoms with Gasteiger partial charge in [-0.25, -0.2) is 4.98 Å². The van der Waals surface area contributed by atoms with Crippen molar-refractivity contribution >= 4 is 27.5 Å². The van der Waals surface area contributed by atoms with E-state index in [1.807, 2.05) is 55.7 Å². The molecule has 0 aromatic carbocycles. The Balaban J connectivity index is 1.33. The van der Waals surface area contributed by atoms with Gasteiger partial charge in [0, 0.05) is 46.5 Å². The summed E-state index contributed by atoms with van der Waals surface area (Å²) in [6.45, 7) is 10.4. The Morgan fingerprint density at radius 2 is 1.93 bits per heavy atom. The summed E-state index contributed by atoms with van der Waals surface area (Å²) in [7, 11) is 0. The van der Waals surface area contributed by atoms with Gasteiger partial charge in [-0.1, -0.05) is 38.5 Å². The minimum absolute atomic E-state index is 0.513. The van der Waals surface area contributed by atoms with Gasteiger partial charge in [0.25, 0.3) is 0 Å². The van der Waals surface area contributed by atoms with Crippen LogP contribution in [-0.2, 0) is 0 Å². The van der Waals surface area contributed by atoms with E-state index in [1.54, 1.807) is 6.20 Å². The number of pyridine rings is 3. The third-order valence-corrected chi connectivity index (χ3v) is 7.69. The highest BCUT2D eigenvalue weighted by molar-refractivity contribution is 5.99. The van der Waals surface area contributed by atoms with Crippen LogP contribution in [0.25, 0.3) is 50.2 Å². The molecule has 40 heavy (non-hydrogen) atoms. The first-order valence-electron chi connectivity index (χ1n) is 13.8. The summed E-state index contributed by atoms with van der Waals surface area (Å²) in [5.74, 6) is 0.513. The fourth-order valence-corrected chi connectivity index (χ4v) is 5.52. The smallest absolute Gasteiger partial charge is 0.135 e. The maximum absolute atomic E-state index is 5.05. The Labute approximate surface area is 233 Å². The number of rotatable bonds is 8. The molecule has 6 rings (SSSR count). The molecular formula is C33H33N7. The van der Waals surface area contributed by atoms with Crippen molar-refractivity contribution in [2.75, 3.05) is 0 Å². The lowest BCUT2D eigenvalue weighted by atomic mass is 9.87. The number of hydrogen-bond acceptors (Lipinski definition) is 5. The minimum atomic E-state index is 0.513. The van der Waals surface area contributed by atoms with Crippen molar-refractivity contribution in [1.29, 1.82) is 0 Å². The van der Waals surface area contributed by atoms with E-state index in [4.69, 9.17) is 4.98 Å². The second-order valence-electron chi connectivity index (χ2n) is 10.2. The molecule has 0 saturated heterocycles. The van der Waals surface area contributed by atoms with Gasteiger partial charge in [-0.3, -0.25) is 15.1 Å². The first-order chi connectivity index (χ1) is 19.6. The number of H-pyrrole nitrogens is 2. The standard InChI is InChI=1S/C33H33N7/c1-4-22(18-25(5-2)36-21(3)23-10-7-6-8-11-23)27-13-14-29-32(38-27)33(40-39-29)30-19-26-28(37-30)15-17-35-31(26)24-12-9-16-34-20-24/h4-5,9,12-20,23,36-37H,2-3,6-8,10-11H2,1H3,(H,39,40)/b22-4+,25-18+. The number of nitrogens with one attached hydrogen (secondary N) is 3. The molecule has 0 amide bonds. The monoisotopic (exact) mass is 527 g/mol. The first kappa shape index (κ1) is 25.5. The van der Waals surface area contributed by atoms with E-state index in [0.29, 0.717) is 5.92 Å². The van der Waals surface area contributed by atoms with Gasteiger partial charge in [0.15, 0.2) is 0 Å². The van der Waals surface area contributed by atoms with Crippen LogP contribution in [0.15, 0.2) is 97.8 Å². The number of aromatic amines is 2. The summed E-state index contributed by atoms with van der Waals surface area (Å²) in [5, 5.41) is 12.3. The van der Waals surface area contributed by atoms with Gasteiger partial charge >= 0.3 is 0 Å². The number of fused-ring (bicyclic) bond motifs is 2. The minimum Gasteiger partial charge on any atom is -0.359 e. The van der Waals surface area contributed by atoms with Crippen molar-refractivity contribution in [3.63, 3.8) is 0 Å². The second-order valence-corrected chi connectivity index (χ2v) is 10.2. The lowest BCUT2D eigenvalue weighted by Crippen LogP contribution is -2.20. The highest BCUT2D eigenvalue weighted by Gasteiger charge is 2.18. The van der Waals surface area contributed by atoms with Gasteiger partial charge in [0.05, 0.1) is 22.6 Å². The predicted octanol–water partition coefficient (Wildman–Crippen LogP) is 7.72. The van der Waals surface area contributed by atoms with Gasteiger partial charge in [-0.05, 0) is 79.8 Å². The SMILES string of the molecule is C=C/C(=C\C(=C/C)c1ccc2[nH]nc(-c3cc4c(-c5cccnc5)nccc4[nH]3)c2n1)NC(=C)C1CCCCC1. The van der Waals surface area contributed by atoms with Gasteiger partial charge in [0.2, 0.25) is 0 Å². The Bertz CT molecular complexity index is 1750. The van der Waals surface area contributed by atoms with Gasteiger partial charge in [-0.2, -0.15) is 5.10 Å². The third kappa shape index (κ3) is 4.98. The van der Waals surface area contributed by atoms with Crippen molar-refractivity contribution < 1.29 is 0 Å². The van der Waals surface area contributed by atoms with Crippen molar-refractivity contribution in [2.24, 2.45) is 5.92 Å². The molecule has 0 unspecified atom stereocenters. The zero-order valence-corrected chi connectivity index (χ0v) is 22.7. The lowest BCUT2D eigenvalue weighted by molar-refractivity contribution is 0.393. The molecule has 0 aliphatic heterocycles. The molecule has 7 heteroatoms. The number of nitrogens with zero attached hydrogens (tertiary/aromatic N) is 4. The Morgan fingerprint density at radius 1 is 1.05 bits per heavy atom. The molecule has 5 heterocycles. The van der Waals surface area contributed by atoms with E-state index in [9.17, 15) is 0 Å². The summed E-state index contributed by atoms with van der Waals surface area (Å²) >= 11 is 0. The molecule has 0 atom stereocenters. The van der Waals surface area contributed by atoms with E-state index in [-0.39, 0.29) is 0 Å². The molecular weight excluding hydrogens is 494 g/mol. The van der Waals surface area contributed by atoms with Crippen LogP contribution in [0.1, 0.15) is 44.7 Å². The number of aromatic nitrogens is 6. The van der Waals surface area contributed by atoms with Crippen molar-refractivity contribution in [3.8, 4) is 22.6 Å². The van der Waals surface area contributed by atoms with Crippen LogP contribution < -0.4 is 5.32 Å². The molecule has 7 nitrogen and oxygen atoms in total. The summed E-state index contributed by atoms with van der Waals surface area (Å²) in [4.78, 5) is 17.5. The quantitative estimate of drug-likeness (QED) is 0.180. The molecule has 3 N–H and O–H groups in total. The average Bonchev–Trinajstić information content (AvgIpc) is 3.64. The average molecular weight is 528 g/mol. The molecule has 5 aromatic heterocycles. The molecule has 1 aliphatic carbocycles. The van der Waals surface area contributed by atoms with E-state index in [0.717, 1.165) is 67.2 Å². The predicted molar refractivity (Wildman–Crippen MR) is 163 cm³/mol. The maximum Gasteiger partial charge on any atom is 0.135 e. The van der Waals surface area contributed by atoms with E-state index >= 15 is 0 Å². The van der Waals surface area contributed by atoms with E-state index < -0.39 is 0 Å². The molecule has 1 aliphatic rings. The zero-order valence-electron chi connectivity index (χ0n) is 22.7. The van der Waals surface area contributed by atoms with Crippen LogP contribution >= 0.6 is 0 Å². The maximum atomic E-state index is 5.05. The van der Waals surface area contributed by atoms with Crippen LogP contribution in [-0.4, -0.2) is 30.1 Å². The number of hydrogen-bond donors (Lipinski definition) is 3. The summed E-state index contributed by atoms with van der Waals surface area (Å²) in [6.07, 6.45) is 17.7. The third-order valence-electron chi connectivity index (χ3n) is 7.69. The molecule has 0 radical (unpaired) electrons. The Hall–Kier alpha value is -4.78. The molecule has 1 saturated carbocycles. The highest BCUT2D eigenvalue weighted by Crippen LogP contribution is 2.33. The second kappa shape index (κ2) is 11.1. The van der Waals surface area contributed by atoms with Crippen molar-refractivity contribution in [3.05, 3.63) is 103 Å². The molecule has 0 bridgehead atoms. The van der Waals surface area contributed by atoms with Crippen LogP contribution in [0.5, 0.6) is 0 Å². The van der Waals surface area contributed by atoms with Crippen molar-refractivity contribution in [1.82, 2.24) is 35.5 Å². The summed E-state index contributed by atoms with van der Waals surface area (Å²) in [5.41, 5.74) is 9.97. The van der Waals surface area contributed by atoms with Crippen LogP contribution in [0.2, 0.25) is 0 Å². The van der Waals surface area contributed by atoms with Crippen LogP contribution in [0, 0.1) is 5.92 Å². The normalized spacial score (nSPS) is 15.0. The Kier molecular flexibility index (Phi) is 7.10. The fraction of sp³-hybridized carbons (Fsp3) is 0.212. The summed E-state index contributed by atoms with van der Waals surface area (Å²) < 4.78 is 0. The Morgan fingerprint density at radius 3 is 2.70 bits per heavy atom. The topological polar surface area (TPSA) is 95.2 Å². The van der Waals surface area contributed by atoms with Crippen molar-refractivity contribution in [2.45, 2.75) is 39.0 Å².